The van der Waals surface area contributed by atoms with Gasteiger partial charge in [-0.15, -0.1) is 73.4 Å². The topological polar surface area (TPSA) is 6.48 Å². The molecule has 0 saturated carbocycles. The van der Waals surface area contributed by atoms with E-state index in [1.165, 1.54) is 0 Å². The molecule has 2 nitrogen and oxygen atoms in total. The average molecular weight is 492 g/mol. The van der Waals surface area contributed by atoms with Crippen LogP contribution in [0.1, 0.15) is 13.8 Å². The Morgan fingerprint density at radius 2 is 0.615 bits per heavy atom. The van der Waals surface area contributed by atoms with E-state index in [2.05, 4.69) is 49.3 Å². The Morgan fingerprint density at radius 1 is 0.462 bits per heavy atom. The monoisotopic (exact) mass is 490 g/mol. The van der Waals surface area contributed by atoms with Crippen LogP contribution in [0.2, 0.25) is 0 Å². The molecular formula is C22H40Br2N2. The highest BCUT2D eigenvalue weighted by atomic mass is 79.9. The summed E-state index contributed by atoms with van der Waals surface area (Å²) in [7, 11) is 0. The number of allylic oxidation sites excluding steroid dienone is 2. The van der Waals surface area contributed by atoms with Crippen molar-refractivity contribution in [1.29, 1.82) is 0 Å². The fraction of sp³-hybridized carbons (Fsp3) is 0.364. The summed E-state index contributed by atoms with van der Waals surface area (Å²) < 4.78 is 0. The Hall–Kier alpha value is -0.940. The molecule has 0 spiro atoms. The summed E-state index contributed by atoms with van der Waals surface area (Å²) in [6, 6.07) is 0. The van der Waals surface area contributed by atoms with Crippen molar-refractivity contribution in [2.45, 2.75) is 13.8 Å². The normalized spacial score (nSPS) is 8.62. The predicted molar refractivity (Wildman–Crippen MR) is 135 cm³/mol. The van der Waals surface area contributed by atoms with Crippen molar-refractivity contribution in [3.63, 3.8) is 0 Å². The van der Waals surface area contributed by atoms with Gasteiger partial charge in [-0.2, -0.15) is 0 Å². The van der Waals surface area contributed by atoms with E-state index in [0.29, 0.717) is 0 Å². The van der Waals surface area contributed by atoms with Crippen molar-refractivity contribution in [1.82, 2.24) is 9.80 Å². The van der Waals surface area contributed by atoms with E-state index in [1.54, 1.807) is 0 Å². The van der Waals surface area contributed by atoms with Crippen molar-refractivity contribution in [3.8, 4) is 0 Å². The van der Waals surface area contributed by atoms with Gasteiger partial charge in [0, 0.05) is 39.3 Å². The fourth-order valence-electron chi connectivity index (χ4n) is 1.54. The lowest BCUT2D eigenvalue weighted by Gasteiger charge is -2.15. The van der Waals surface area contributed by atoms with Crippen LogP contribution in [0.3, 0.4) is 0 Å². The van der Waals surface area contributed by atoms with E-state index in [9.17, 15) is 0 Å². The fourth-order valence-corrected chi connectivity index (χ4v) is 1.54. The van der Waals surface area contributed by atoms with Crippen LogP contribution in [-0.2, 0) is 0 Å². The molecule has 0 rings (SSSR count). The molecule has 0 saturated heterocycles. The Bertz CT molecular complexity index is 282. The molecule has 4 heteroatoms. The Balaban J connectivity index is -0.0000000883. The predicted octanol–water partition coefficient (Wildman–Crippen LogP) is 6.43. The van der Waals surface area contributed by atoms with E-state index in [1.807, 2.05) is 62.5 Å². The molecule has 0 aromatic rings. The SMILES string of the molecule is Br.Br.C=CCN(CC=C)CC=C.C=CCN(CC=C)CC=C.CC=CC. The quantitative estimate of drug-likeness (QED) is 0.290. The highest BCUT2D eigenvalue weighted by molar-refractivity contribution is 8.93. The summed E-state index contributed by atoms with van der Waals surface area (Å²) in [5, 5.41) is 0. The van der Waals surface area contributed by atoms with Gasteiger partial charge >= 0.3 is 0 Å². The molecule has 0 fully saturated rings. The Morgan fingerprint density at radius 3 is 0.692 bits per heavy atom. The Labute approximate surface area is 184 Å². The molecule has 0 radical (unpaired) electrons. The lowest BCUT2D eigenvalue weighted by molar-refractivity contribution is 0.373. The summed E-state index contributed by atoms with van der Waals surface area (Å²) in [6.45, 7) is 31.3. The maximum absolute atomic E-state index is 3.65. The Kier molecular flexibility index (Phi) is 48.8. The molecule has 26 heavy (non-hydrogen) atoms. The molecule has 0 aliphatic heterocycles. The maximum Gasteiger partial charge on any atom is 0.0167 e. The van der Waals surface area contributed by atoms with Crippen molar-refractivity contribution in [3.05, 3.63) is 88.1 Å². The summed E-state index contributed by atoms with van der Waals surface area (Å²) in [6.07, 6.45) is 15.3. The third-order valence-corrected chi connectivity index (χ3v) is 2.66. The van der Waals surface area contributed by atoms with Gasteiger partial charge in [-0.1, -0.05) is 48.6 Å². The summed E-state index contributed by atoms with van der Waals surface area (Å²) >= 11 is 0. The minimum absolute atomic E-state index is 0. The summed E-state index contributed by atoms with van der Waals surface area (Å²) in [5.74, 6) is 0. The molecule has 0 amide bonds. The van der Waals surface area contributed by atoms with Crippen molar-refractivity contribution in [2.75, 3.05) is 39.3 Å². The zero-order valence-electron chi connectivity index (χ0n) is 16.8. The standard InChI is InChI=1S/2C9H15N.C4H8.2BrH/c2*1-4-7-10(8-5-2)9-6-3;1-3-4-2;;/h2*4-6H,1-3,7-9H2;3-4H,1-2H3;2*1H. The first-order chi connectivity index (χ1) is 11.6. The molecule has 0 atom stereocenters. The first-order valence-electron chi connectivity index (χ1n) is 8.28. The molecule has 0 bridgehead atoms. The van der Waals surface area contributed by atoms with Gasteiger partial charge in [0.15, 0.2) is 0 Å². The van der Waals surface area contributed by atoms with Crippen LogP contribution < -0.4 is 0 Å². The van der Waals surface area contributed by atoms with E-state index in [4.69, 9.17) is 0 Å². The number of rotatable bonds is 12. The highest BCUT2D eigenvalue weighted by Gasteiger charge is 1.94. The first-order valence-corrected chi connectivity index (χ1v) is 8.28. The first kappa shape index (κ1) is 36.1. The van der Waals surface area contributed by atoms with Crippen LogP contribution in [0.15, 0.2) is 88.1 Å². The molecule has 0 N–H and O–H groups in total. The zero-order valence-corrected chi connectivity index (χ0v) is 20.2. The number of hydrogen-bond donors (Lipinski definition) is 0. The van der Waals surface area contributed by atoms with Gasteiger partial charge in [0.05, 0.1) is 0 Å². The second-order valence-corrected chi connectivity index (χ2v) is 4.84. The van der Waals surface area contributed by atoms with Crippen molar-refractivity contribution < 1.29 is 0 Å². The third kappa shape index (κ3) is 34.4. The van der Waals surface area contributed by atoms with E-state index >= 15 is 0 Å². The van der Waals surface area contributed by atoms with Crippen LogP contribution in [-0.4, -0.2) is 49.1 Å². The number of hydrogen-bond acceptors (Lipinski definition) is 2. The van der Waals surface area contributed by atoms with Crippen LogP contribution in [0.4, 0.5) is 0 Å². The molecular weight excluding hydrogens is 452 g/mol. The molecule has 152 valence electrons. The smallest absolute Gasteiger partial charge is 0.0167 e. The zero-order chi connectivity index (χ0) is 19.1. The van der Waals surface area contributed by atoms with Crippen molar-refractivity contribution in [2.24, 2.45) is 0 Å². The number of nitrogens with zero attached hydrogens (tertiary/aromatic N) is 2. The minimum Gasteiger partial charge on any atom is -0.292 e. The molecule has 0 unspecified atom stereocenters. The molecule has 0 aromatic carbocycles. The third-order valence-electron chi connectivity index (χ3n) is 2.66. The molecule has 0 aliphatic carbocycles. The van der Waals surface area contributed by atoms with Crippen LogP contribution >= 0.6 is 34.0 Å². The highest BCUT2D eigenvalue weighted by Crippen LogP contribution is 1.88. The molecule has 0 aromatic heterocycles. The van der Waals surface area contributed by atoms with Gasteiger partial charge < -0.3 is 0 Å². The van der Waals surface area contributed by atoms with Gasteiger partial charge in [-0.25, -0.2) is 0 Å². The average Bonchev–Trinajstić information content (AvgIpc) is 2.57. The lowest BCUT2D eigenvalue weighted by atomic mass is 10.4. The second-order valence-electron chi connectivity index (χ2n) is 4.84. The van der Waals surface area contributed by atoms with Gasteiger partial charge in [0.2, 0.25) is 0 Å². The van der Waals surface area contributed by atoms with Gasteiger partial charge in [0.25, 0.3) is 0 Å². The summed E-state index contributed by atoms with van der Waals surface area (Å²) in [4.78, 5) is 4.38. The minimum atomic E-state index is 0. The van der Waals surface area contributed by atoms with Gasteiger partial charge in [-0.3, -0.25) is 9.80 Å². The van der Waals surface area contributed by atoms with Gasteiger partial charge in [-0.05, 0) is 13.8 Å². The van der Waals surface area contributed by atoms with E-state index < -0.39 is 0 Å². The van der Waals surface area contributed by atoms with Crippen LogP contribution in [0.25, 0.3) is 0 Å². The molecule has 0 aliphatic rings. The van der Waals surface area contributed by atoms with Gasteiger partial charge in [0.1, 0.15) is 0 Å². The van der Waals surface area contributed by atoms with Crippen LogP contribution in [0.5, 0.6) is 0 Å². The maximum atomic E-state index is 3.65. The summed E-state index contributed by atoms with van der Waals surface area (Å²) in [5.41, 5.74) is 0. The second kappa shape index (κ2) is 35.2. The van der Waals surface area contributed by atoms with Crippen LogP contribution in [0, 0.1) is 0 Å². The number of halogens is 2. The lowest BCUT2D eigenvalue weighted by Crippen LogP contribution is -2.23. The van der Waals surface area contributed by atoms with E-state index in [-0.39, 0.29) is 34.0 Å². The largest absolute Gasteiger partial charge is 0.292 e. The van der Waals surface area contributed by atoms with Crippen molar-refractivity contribution >= 4 is 34.0 Å². The van der Waals surface area contributed by atoms with E-state index in [0.717, 1.165) is 39.3 Å². The molecule has 0 heterocycles.